The topological polar surface area (TPSA) is 50.5 Å². The van der Waals surface area contributed by atoms with Crippen LogP contribution in [-0.4, -0.2) is 26.3 Å². The summed E-state index contributed by atoms with van der Waals surface area (Å²) in [6.45, 7) is 2.57. The number of pyridine rings is 1. The number of aromatic nitrogens is 3. The van der Waals surface area contributed by atoms with E-state index in [1.165, 1.54) is 11.8 Å². The number of thioether (sulfide) groups is 1. The lowest BCUT2D eigenvalue weighted by Crippen LogP contribution is -2.32. The number of hydrogen-bond acceptors (Lipinski definition) is 4. The second kappa shape index (κ2) is 8.27. The number of fused-ring (bicyclic) bond motifs is 1. The largest absolute Gasteiger partial charge is 0.307 e. The Labute approximate surface area is 168 Å². The molecule has 0 aliphatic carbocycles. The van der Waals surface area contributed by atoms with Crippen LogP contribution in [0, 0.1) is 6.92 Å². The molecule has 2 aromatic carbocycles. The number of nitrogens with zero attached hydrogens (tertiary/aromatic N) is 4. The fourth-order valence-corrected chi connectivity index (χ4v) is 3.81. The van der Waals surface area contributed by atoms with Crippen molar-refractivity contribution < 1.29 is 4.79 Å². The zero-order valence-electron chi connectivity index (χ0n) is 15.5. The highest BCUT2D eigenvalue weighted by Crippen LogP contribution is 2.22. The van der Waals surface area contributed by atoms with E-state index in [1.54, 1.807) is 0 Å². The van der Waals surface area contributed by atoms with Crippen LogP contribution in [0.3, 0.4) is 0 Å². The second-order valence-corrected chi connectivity index (χ2v) is 7.45. The zero-order chi connectivity index (χ0) is 19.3. The molecule has 0 N–H and O–H groups in total. The number of carbonyl (C=O) groups excluding carboxylic acids is 1. The fraction of sp³-hybridized carbons (Fsp3) is 0.136. The van der Waals surface area contributed by atoms with E-state index < -0.39 is 0 Å². The minimum absolute atomic E-state index is 0.0344. The van der Waals surface area contributed by atoms with Gasteiger partial charge in [-0.25, -0.2) is 0 Å². The van der Waals surface area contributed by atoms with E-state index >= 15 is 0 Å². The van der Waals surface area contributed by atoms with E-state index in [1.807, 2.05) is 95.2 Å². The SMILES string of the molecule is Cc1cccc(N(Cc2ccccc2)C(=O)CSc2nnc3ccccn23)c1. The molecule has 28 heavy (non-hydrogen) atoms. The van der Waals surface area contributed by atoms with Crippen LogP contribution >= 0.6 is 11.8 Å². The van der Waals surface area contributed by atoms with E-state index in [-0.39, 0.29) is 11.7 Å². The minimum atomic E-state index is 0.0344. The van der Waals surface area contributed by atoms with Gasteiger partial charge in [0.25, 0.3) is 0 Å². The van der Waals surface area contributed by atoms with E-state index in [0.29, 0.717) is 11.7 Å². The minimum Gasteiger partial charge on any atom is -0.307 e. The summed E-state index contributed by atoms with van der Waals surface area (Å²) in [7, 11) is 0. The molecule has 5 nitrogen and oxygen atoms in total. The van der Waals surface area contributed by atoms with Gasteiger partial charge in [-0.2, -0.15) is 0 Å². The van der Waals surface area contributed by atoms with Gasteiger partial charge in [-0.15, -0.1) is 10.2 Å². The number of hydrogen-bond donors (Lipinski definition) is 0. The first-order valence-corrected chi connectivity index (χ1v) is 10.0. The third kappa shape index (κ3) is 4.07. The summed E-state index contributed by atoms with van der Waals surface area (Å²) in [6.07, 6.45) is 1.91. The first kappa shape index (κ1) is 18.3. The third-order valence-corrected chi connectivity index (χ3v) is 5.33. The number of anilines is 1. The van der Waals surface area contributed by atoms with Crippen molar-refractivity contribution in [2.24, 2.45) is 0 Å². The van der Waals surface area contributed by atoms with Crippen molar-refractivity contribution in [3.05, 3.63) is 90.1 Å². The number of amides is 1. The van der Waals surface area contributed by atoms with Crippen LogP contribution in [-0.2, 0) is 11.3 Å². The Morgan fingerprint density at radius 1 is 1.00 bits per heavy atom. The van der Waals surface area contributed by atoms with Crippen LogP contribution in [0.4, 0.5) is 5.69 Å². The van der Waals surface area contributed by atoms with Gasteiger partial charge in [0.15, 0.2) is 10.8 Å². The maximum Gasteiger partial charge on any atom is 0.237 e. The number of carbonyl (C=O) groups is 1. The molecule has 0 aliphatic heterocycles. The average molecular weight is 388 g/mol. The van der Waals surface area contributed by atoms with Crippen LogP contribution in [0.15, 0.2) is 84.1 Å². The van der Waals surface area contributed by atoms with E-state index in [0.717, 1.165) is 22.5 Å². The Hall–Kier alpha value is -3.12. The van der Waals surface area contributed by atoms with Crippen LogP contribution in [0.1, 0.15) is 11.1 Å². The van der Waals surface area contributed by atoms with E-state index in [4.69, 9.17) is 0 Å². The normalized spacial score (nSPS) is 10.9. The van der Waals surface area contributed by atoms with Crippen molar-refractivity contribution in [1.82, 2.24) is 14.6 Å². The molecule has 0 spiro atoms. The van der Waals surface area contributed by atoms with Crippen molar-refractivity contribution in [2.45, 2.75) is 18.6 Å². The smallest absolute Gasteiger partial charge is 0.237 e. The molecule has 140 valence electrons. The van der Waals surface area contributed by atoms with Gasteiger partial charge in [0.05, 0.1) is 12.3 Å². The highest BCUT2D eigenvalue weighted by atomic mass is 32.2. The van der Waals surface area contributed by atoms with Crippen molar-refractivity contribution in [1.29, 1.82) is 0 Å². The summed E-state index contributed by atoms with van der Waals surface area (Å²) in [6, 6.07) is 23.8. The van der Waals surface area contributed by atoms with Gasteiger partial charge in [0.2, 0.25) is 5.91 Å². The number of benzene rings is 2. The standard InChI is InChI=1S/C22H20N4OS/c1-17-8-7-11-19(14-17)26(15-18-9-3-2-4-10-18)21(27)16-28-22-24-23-20-12-5-6-13-25(20)22/h2-14H,15-16H2,1H3. The maximum atomic E-state index is 13.1. The molecule has 4 rings (SSSR count). The van der Waals surface area contributed by atoms with Gasteiger partial charge in [-0.05, 0) is 42.3 Å². The van der Waals surface area contributed by atoms with Gasteiger partial charge in [-0.1, -0.05) is 60.3 Å². The molecule has 2 heterocycles. The molecular formula is C22H20N4OS. The van der Waals surface area contributed by atoms with Crippen LogP contribution in [0.5, 0.6) is 0 Å². The lowest BCUT2D eigenvalue weighted by atomic mass is 10.1. The Kier molecular flexibility index (Phi) is 5.39. The third-order valence-electron chi connectivity index (χ3n) is 4.41. The first-order valence-electron chi connectivity index (χ1n) is 9.04. The molecule has 0 saturated heterocycles. The zero-order valence-corrected chi connectivity index (χ0v) is 16.3. The molecular weight excluding hydrogens is 368 g/mol. The first-order chi connectivity index (χ1) is 13.7. The molecule has 4 aromatic rings. The summed E-state index contributed by atoms with van der Waals surface area (Å²) >= 11 is 1.40. The molecule has 2 aromatic heterocycles. The fourth-order valence-electron chi connectivity index (χ4n) is 3.01. The summed E-state index contributed by atoms with van der Waals surface area (Å²) in [5, 5.41) is 9.06. The van der Waals surface area contributed by atoms with Gasteiger partial charge >= 0.3 is 0 Å². The molecule has 0 radical (unpaired) electrons. The monoisotopic (exact) mass is 388 g/mol. The molecule has 0 aliphatic rings. The molecule has 0 saturated carbocycles. The highest BCUT2D eigenvalue weighted by molar-refractivity contribution is 7.99. The van der Waals surface area contributed by atoms with Crippen LogP contribution in [0.2, 0.25) is 0 Å². The van der Waals surface area contributed by atoms with E-state index in [9.17, 15) is 4.79 Å². The molecule has 1 amide bonds. The molecule has 0 bridgehead atoms. The lowest BCUT2D eigenvalue weighted by Gasteiger charge is -2.23. The van der Waals surface area contributed by atoms with Gasteiger partial charge in [0, 0.05) is 11.9 Å². The highest BCUT2D eigenvalue weighted by Gasteiger charge is 2.18. The quantitative estimate of drug-likeness (QED) is 0.461. The Balaban J connectivity index is 1.55. The summed E-state index contributed by atoms with van der Waals surface area (Å²) in [4.78, 5) is 15.0. The van der Waals surface area contributed by atoms with E-state index in [2.05, 4.69) is 10.2 Å². The lowest BCUT2D eigenvalue weighted by molar-refractivity contribution is -0.116. The maximum absolute atomic E-state index is 13.1. The van der Waals surface area contributed by atoms with Crippen LogP contribution in [0.25, 0.3) is 5.65 Å². The van der Waals surface area contributed by atoms with Gasteiger partial charge in [-0.3, -0.25) is 9.20 Å². The van der Waals surface area contributed by atoms with Gasteiger partial charge in [0.1, 0.15) is 0 Å². The summed E-state index contributed by atoms with van der Waals surface area (Å²) < 4.78 is 1.89. The molecule has 0 fully saturated rings. The van der Waals surface area contributed by atoms with Crippen molar-refractivity contribution in [3.63, 3.8) is 0 Å². The molecule has 6 heteroatoms. The number of aryl methyl sites for hydroxylation is 1. The molecule has 0 atom stereocenters. The Morgan fingerprint density at radius 3 is 2.64 bits per heavy atom. The summed E-state index contributed by atoms with van der Waals surface area (Å²) in [5.41, 5.74) is 3.90. The predicted molar refractivity (Wildman–Crippen MR) is 113 cm³/mol. The number of rotatable bonds is 6. The Morgan fingerprint density at radius 2 is 1.82 bits per heavy atom. The second-order valence-electron chi connectivity index (χ2n) is 6.50. The van der Waals surface area contributed by atoms with Crippen LogP contribution < -0.4 is 4.90 Å². The van der Waals surface area contributed by atoms with Gasteiger partial charge < -0.3 is 4.90 Å². The van der Waals surface area contributed by atoms with Crippen molar-refractivity contribution in [2.75, 3.05) is 10.7 Å². The Bertz CT molecular complexity index is 1090. The van der Waals surface area contributed by atoms with Crippen molar-refractivity contribution >= 4 is 29.0 Å². The predicted octanol–water partition coefficient (Wildman–Crippen LogP) is 4.36. The van der Waals surface area contributed by atoms with Crippen molar-refractivity contribution in [3.8, 4) is 0 Å². The molecule has 0 unspecified atom stereocenters. The average Bonchev–Trinajstić information content (AvgIpc) is 3.14. The summed E-state index contributed by atoms with van der Waals surface area (Å²) in [5.74, 6) is 0.323.